The molecule has 4 heterocycles. The maximum atomic E-state index is 14.3. The van der Waals surface area contributed by atoms with Crippen LogP contribution in [0.5, 0.6) is 0 Å². The lowest BCUT2D eigenvalue weighted by Gasteiger charge is -2.36. The smallest absolute Gasteiger partial charge is 0.407 e. The Morgan fingerprint density at radius 1 is 0.774 bits per heavy atom. The summed E-state index contributed by atoms with van der Waals surface area (Å²) >= 11 is 0. The van der Waals surface area contributed by atoms with E-state index in [9.17, 15) is 19.2 Å². The number of likely N-dealkylation sites (tertiary alicyclic amines) is 2. The fourth-order valence-electron chi connectivity index (χ4n) is 10.7. The van der Waals surface area contributed by atoms with E-state index in [1.54, 1.807) is 0 Å². The summed E-state index contributed by atoms with van der Waals surface area (Å²) in [5, 5.41) is 7.84. The molecule has 2 bridgehead atoms. The molecule has 318 valence electrons. The maximum Gasteiger partial charge on any atom is 0.407 e. The molecule has 0 spiro atoms. The second-order valence-electron chi connectivity index (χ2n) is 17.9. The minimum Gasteiger partial charge on any atom is -0.453 e. The fourth-order valence-corrected chi connectivity index (χ4v) is 10.7. The van der Waals surface area contributed by atoms with Gasteiger partial charge in [0.05, 0.1) is 43.9 Å². The van der Waals surface area contributed by atoms with Crippen LogP contribution in [-0.2, 0) is 25.5 Å². The van der Waals surface area contributed by atoms with Crippen LogP contribution in [0, 0.1) is 17.8 Å². The fraction of sp³-hybridized carbons (Fsp3) is 0.388. The van der Waals surface area contributed by atoms with Crippen molar-refractivity contribution in [1.82, 2.24) is 30.4 Å². The Kier molecular flexibility index (Phi) is 10.1. The van der Waals surface area contributed by atoms with Crippen LogP contribution >= 0.6 is 0 Å². The molecule has 13 nitrogen and oxygen atoms in total. The number of carbonyl (C=O) groups is 4. The van der Waals surface area contributed by atoms with E-state index in [0.717, 1.165) is 82.5 Å². The highest BCUT2D eigenvalue weighted by Crippen LogP contribution is 2.52. The second kappa shape index (κ2) is 15.8. The monoisotopic (exact) mass is 833 g/mol. The highest BCUT2D eigenvalue weighted by Gasteiger charge is 2.57. The molecule has 2 saturated heterocycles. The van der Waals surface area contributed by atoms with Gasteiger partial charge in [-0.05, 0) is 101 Å². The predicted molar refractivity (Wildman–Crippen MR) is 235 cm³/mol. The lowest BCUT2D eigenvalue weighted by atomic mass is 9.94. The lowest BCUT2D eigenvalue weighted by molar-refractivity contribution is -0.138. The van der Waals surface area contributed by atoms with Crippen LogP contribution in [0.2, 0.25) is 0 Å². The van der Waals surface area contributed by atoms with E-state index in [0.29, 0.717) is 17.9 Å². The van der Waals surface area contributed by atoms with Crippen molar-refractivity contribution in [3.63, 3.8) is 0 Å². The van der Waals surface area contributed by atoms with Crippen molar-refractivity contribution in [1.29, 1.82) is 0 Å². The molecule has 3 aliphatic heterocycles. The molecule has 0 unspecified atom stereocenters. The number of methoxy groups -OCH3 is 2. The average molecular weight is 834 g/mol. The van der Waals surface area contributed by atoms with E-state index < -0.39 is 24.3 Å². The SMILES string of the molecule is COC(=O)N[C@H](C(=O)N1[C@@H]2C[C@@H]2C[C@H]1C1=Nc2ccc3cc(-c4ccc(-c5cnc([C@@H]6[C@H]7CC[C@H](C7)N6C(=O)[C@H](NC(=O)OC)c6ccccc6)[nH]5)cc4)ccc3c2C1)C(C)C. The number of imidazole rings is 1. The number of rotatable bonds is 10. The quantitative estimate of drug-likeness (QED) is 0.129. The largest absolute Gasteiger partial charge is 0.453 e. The molecule has 5 aliphatic rings. The molecule has 0 radical (unpaired) electrons. The minimum atomic E-state index is -0.873. The lowest BCUT2D eigenvalue weighted by Crippen LogP contribution is -2.55. The zero-order chi connectivity index (χ0) is 42.8. The highest BCUT2D eigenvalue weighted by molar-refractivity contribution is 6.06. The van der Waals surface area contributed by atoms with Gasteiger partial charge in [-0.1, -0.05) is 86.6 Å². The second-order valence-corrected chi connectivity index (χ2v) is 17.9. The number of alkyl carbamates (subject to hydrolysis) is 2. The van der Waals surface area contributed by atoms with Gasteiger partial charge in [0.25, 0.3) is 5.91 Å². The molecule has 8 atom stereocenters. The van der Waals surface area contributed by atoms with E-state index >= 15 is 0 Å². The number of nitrogens with one attached hydrogen (secondary N) is 3. The maximum absolute atomic E-state index is 14.3. The van der Waals surface area contributed by atoms with Crippen LogP contribution in [0.4, 0.5) is 15.3 Å². The topological polar surface area (TPSA) is 158 Å². The van der Waals surface area contributed by atoms with Crippen LogP contribution in [0.15, 0.2) is 96.1 Å². The summed E-state index contributed by atoms with van der Waals surface area (Å²) < 4.78 is 9.74. The molecule has 4 amide bonds. The normalized spacial score (nSPS) is 24.0. The first kappa shape index (κ1) is 39.6. The van der Waals surface area contributed by atoms with Crippen LogP contribution in [0.25, 0.3) is 33.2 Å². The average Bonchev–Trinajstić information content (AvgIpc) is 3.92. The number of benzene rings is 4. The van der Waals surface area contributed by atoms with Gasteiger partial charge < -0.3 is 34.9 Å². The number of nitrogens with zero attached hydrogens (tertiary/aromatic N) is 4. The zero-order valence-electron chi connectivity index (χ0n) is 35.3. The Bertz CT molecular complexity index is 2610. The van der Waals surface area contributed by atoms with Crippen molar-refractivity contribution in [2.45, 2.75) is 88.6 Å². The summed E-state index contributed by atoms with van der Waals surface area (Å²) in [6, 6.07) is 27.0. The van der Waals surface area contributed by atoms with Crippen molar-refractivity contribution in [2.75, 3.05) is 14.2 Å². The van der Waals surface area contributed by atoms with Gasteiger partial charge in [-0.15, -0.1) is 0 Å². The molecular formula is C49H51N7O6. The first-order valence-corrected chi connectivity index (χ1v) is 21.8. The number of amides is 4. The summed E-state index contributed by atoms with van der Waals surface area (Å²) in [6.07, 6.45) is 6.02. The molecule has 2 saturated carbocycles. The summed E-state index contributed by atoms with van der Waals surface area (Å²) in [5.74, 6) is 1.19. The van der Waals surface area contributed by atoms with Gasteiger partial charge in [-0.3, -0.25) is 14.6 Å². The number of H-pyrrole nitrogens is 1. The third-order valence-corrected chi connectivity index (χ3v) is 13.9. The van der Waals surface area contributed by atoms with Gasteiger partial charge in [-0.25, -0.2) is 14.6 Å². The van der Waals surface area contributed by atoms with Crippen molar-refractivity contribution in [3.05, 3.63) is 108 Å². The third-order valence-electron chi connectivity index (χ3n) is 13.9. The van der Waals surface area contributed by atoms with Gasteiger partial charge >= 0.3 is 12.2 Å². The van der Waals surface area contributed by atoms with Gasteiger partial charge in [-0.2, -0.15) is 0 Å². The summed E-state index contributed by atoms with van der Waals surface area (Å²) in [6.45, 7) is 3.88. The molecule has 10 rings (SSSR count). The van der Waals surface area contributed by atoms with Crippen molar-refractivity contribution >= 4 is 46.2 Å². The summed E-state index contributed by atoms with van der Waals surface area (Å²) in [7, 11) is 2.62. The van der Waals surface area contributed by atoms with E-state index in [4.69, 9.17) is 19.5 Å². The van der Waals surface area contributed by atoms with Crippen molar-refractivity contribution in [2.24, 2.45) is 22.7 Å². The van der Waals surface area contributed by atoms with Crippen LogP contribution in [0.1, 0.15) is 75.0 Å². The Labute approximate surface area is 360 Å². The molecule has 5 aromatic rings. The molecule has 13 heteroatoms. The van der Waals surface area contributed by atoms with Gasteiger partial charge in [0.1, 0.15) is 17.9 Å². The van der Waals surface area contributed by atoms with E-state index in [-0.39, 0.29) is 47.8 Å². The number of aliphatic imine (C=N–C) groups is 1. The predicted octanol–water partition coefficient (Wildman–Crippen LogP) is 8.04. The van der Waals surface area contributed by atoms with Crippen molar-refractivity contribution < 1.29 is 28.7 Å². The van der Waals surface area contributed by atoms with Gasteiger partial charge in [0.2, 0.25) is 5.91 Å². The highest BCUT2D eigenvalue weighted by atomic mass is 16.5. The van der Waals surface area contributed by atoms with Crippen LogP contribution < -0.4 is 10.6 Å². The Morgan fingerprint density at radius 2 is 1.52 bits per heavy atom. The number of aromatic nitrogens is 2. The molecule has 2 aliphatic carbocycles. The molecular weight excluding hydrogens is 783 g/mol. The third kappa shape index (κ3) is 6.97. The number of aromatic amines is 1. The number of hydrogen-bond acceptors (Lipinski definition) is 8. The number of ether oxygens (including phenoxy) is 2. The first-order valence-electron chi connectivity index (χ1n) is 21.8. The van der Waals surface area contributed by atoms with Gasteiger partial charge in [0, 0.05) is 24.2 Å². The van der Waals surface area contributed by atoms with Crippen LogP contribution in [-0.4, -0.2) is 87.9 Å². The standard InChI is InChI=1S/C49H51N7O6/c1-26(2)42(53-48(59)61-3)46(57)56-40-22-33(40)23-41(56)38-24-36-35-18-15-30(20-31(35)16-19-37(36)51-38)27-10-12-28(13-11-27)39-25-50-45(52-39)44-32-14-17-34(21-32)55(44)47(58)43(54-49(60)62-4)29-8-6-5-7-9-29/h5-13,15-16,18-20,25-26,32-34,40-44H,14,17,21-24H2,1-4H3,(H,50,52)(H,53,59)(H,54,60)/t32-,33+,34+,40+,41-,42-,43+,44-/m0/s1. The minimum absolute atomic E-state index is 0.0598. The molecule has 4 aromatic carbocycles. The van der Waals surface area contributed by atoms with Gasteiger partial charge in [0.15, 0.2) is 0 Å². The van der Waals surface area contributed by atoms with E-state index in [1.807, 2.05) is 60.2 Å². The first-order chi connectivity index (χ1) is 30.1. The molecule has 3 N–H and O–H groups in total. The number of fused-ring (bicyclic) bond motifs is 6. The van der Waals surface area contributed by atoms with E-state index in [1.165, 1.54) is 19.8 Å². The number of carbonyl (C=O) groups excluding carboxylic acids is 4. The summed E-state index contributed by atoms with van der Waals surface area (Å²) in [5.41, 5.74) is 7.90. The molecule has 1 aromatic heterocycles. The zero-order valence-corrected chi connectivity index (χ0v) is 35.3. The Morgan fingerprint density at radius 3 is 2.27 bits per heavy atom. The van der Waals surface area contributed by atoms with E-state index in [2.05, 4.69) is 70.2 Å². The Balaban J connectivity index is 0.847. The molecule has 4 fully saturated rings. The molecule has 62 heavy (non-hydrogen) atoms. The number of piperidine rings is 2. The van der Waals surface area contributed by atoms with Crippen molar-refractivity contribution in [3.8, 4) is 22.4 Å². The number of hydrogen-bond donors (Lipinski definition) is 3. The van der Waals surface area contributed by atoms with Crippen LogP contribution in [0.3, 0.4) is 0 Å². The Hall–Kier alpha value is -6.50. The summed E-state index contributed by atoms with van der Waals surface area (Å²) in [4.78, 5) is 70.3.